The lowest BCUT2D eigenvalue weighted by Crippen LogP contribution is -1.72. The lowest BCUT2D eigenvalue weighted by atomic mass is 10.2. The maximum Gasteiger partial charge on any atom is 0.228 e. The molecule has 2 aromatic rings. The largest absolute Gasteiger partial charge is 0.292 e. The van der Waals surface area contributed by atoms with Crippen LogP contribution < -0.4 is 0 Å². The van der Waals surface area contributed by atoms with E-state index < -0.39 is 0 Å². The molecule has 72 valence electrons. The molecule has 0 aliphatic heterocycles. The molecule has 0 bridgehead atoms. The number of carbonyl (C=O) groups is 1. The second-order valence-corrected chi connectivity index (χ2v) is 4.57. The second-order valence-electron chi connectivity index (χ2n) is 2.95. The molecule has 1 unspecified atom stereocenters. The van der Waals surface area contributed by atoms with Gasteiger partial charge in [-0.05, 0) is 24.1 Å². The van der Waals surface area contributed by atoms with E-state index in [1.54, 1.807) is 0 Å². The van der Waals surface area contributed by atoms with Crippen molar-refractivity contribution in [1.29, 1.82) is 0 Å². The molecule has 0 saturated heterocycles. The number of carbonyl (C=O) groups excluding carboxylic acids is 1. The van der Waals surface area contributed by atoms with Crippen LogP contribution in [0.25, 0.3) is 0 Å². The van der Waals surface area contributed by atoms with E-state index in [0.29, 0.717) is 0 Å². The van der Waals surface area contributed by atoms with Crippen molar-refractivity contribution in [2.45, 2.75) is 0 Å². The quantitative estimate of drug-likeness (QED) is 0.404. The molecule has 2 heteroatoms. The Morgan fingerprint density at radius 3 is 2.60 bits per heavy atom. The van der Waals surface area contributed by atoms with Crippen LogP contribution >= 0.6 is 10.5 Å². The molecule has 0 spiro atoms. The van der Waals surface area contributed by atoms with Crippen molar-refractivity contribution in [3.05, 3.63) is 58.3 Å². The molecule has 1 aromatic carbocycles. The topological polar surface area (TPSA) is 17.1 Å². The van der Waals surface area contributed by atoms with Gasteiger partial charge in [0.05, 0.1) is 10.5 Å². The zero-order chi connectivity index (χ0) is 10.5. The second kappa shape index (κ2) is 4.59. The highest BCUT2D eigenvalue weighted by atomic mass is 32.2. The average molecular weight is 213 g/mol. The van der Waals surface area contributed by atoms with Crippen molar-refractivity contribution in [3.8, 4) is 11.2 Å². The fraction of sp³-hybridized carbons (Fsp3) is 0. The molecule has 0 aliphatic rings. The first-order valence-electron chi connectivity index (χ1n) is 4.53. The molecule has 1 aromatic heterocycles. The zero-order valence-electron chi connectivity index (χ0n) is 8.01. The maximum absolute atomic E-state index is 10.7. The van der Waals surface area contributed by atoms with Crippen molar-refractivity contribution in [3.63, 3.8) is 0 Å². The fourth-order valence-electron chi connectivity index (χ4n) is 1.18. The summed E-state index contributed by atoms with van der Waals surface area (Å²) < 4.78 is 0. The maximum atomic E-state index is 10.7. The predicted molar refractivity (Wildman–Crippen MR) is 63.0 cm³/mol. The standard InChI is InChI=1S/C13H9OS/c14-11-13-7-4-9-15(13)10-8-12-5-2-1-3-6-12/h1-7,9,11H/q+1. The van der Waals surface area contributed by atoms with Crippen molar-refractivity contribution >= 4 is 16.8 Å². The molecular weight excluding hydrogens is 204 g/mol. The van der Waals surface area contributed by atoms with Crippen LogP contribution in [0.1, 0.15) is 15.2 Å². The van der Waals surface area contributed by atoms with E-state index in [-0.39, 0.29) is 10.5 Å². The third-order valence-corrected chi connectivity index (χ3v) is 3.42. The molecule has 1 heterocycles. The van der Waals surface area contributed by atoms with Crippen molar-refractivity contribution in [2.24, 2.45) is 0 Å². The van der Waals surface area contributed by atoms with Crippen molar-refractivity contribution < 1.29 is 4.79 Å². The van der Waals surface area contributed by atoms with Crippen LogP contribution in [0, 0.1) is 11.2 Å². The summed E-state index contributed by atoms with van der Waals surface area (Å²) in [7, 11) is -0.314. The smallest absolute Gasteiger partial charge is 0.228 e. The van der Waals surface area contributed by atoms with Gasteiger partial charge in [-0.3, -0.25) is 4.79 Å². The van der Waals surface area contributed by atoms with Gasteiger partial charge < -0.3 is 0 Å². The van der Waals surface area contributed by atoms with E-state index in [9.17, 15) is 4.79 Å². The summed E-state index contributed by atoms with van der Waals surface area (Å²) >= 11 is 0. The first-order valence-corrected chi connectivity index (χ1v) is 5.82. The van der Waals surface area contributed by atoms with Crippen LogP contribution in [0.3, 0.4) is 0 Å². The van der Waals surface area contributed by atoms with Gasteiger partial charge >= 0.3 is 0 Å². The lowest BCUT2D eigenvalue weighted by Gasteiger charge is -1.83. The number of aldehydes is 1. The van der Waals surface area contributed by atoms with Crippen LogP contribution in [0.2, 0.25) is 0 Å². The van der Waals surface area contributed by atoms with Gasteiger partial charge in [0.1, 0.15) is 0 Å². The Morgan fingerprint density at radius 1 is 1.07 bits per heavy atom. The van der Waals surface area contributed by atoms with E-state index >= 15 is 0 Å². The molecular formula is C13H9OS+. The first-order chi connectivity index (χ1) is 7.40. The summed E-state index contributed by atoms with van der Waals surface area (Å²) in [4.78, 5) is 11.4. The van der Waals surface area contributed by atoms with Crippen molar-refractivity contribution in [1.82, 2.24) is 0 Å². The van der Waals surface area contributed by atoms with E-state index in [4.69, 9.17) is 0 Å². The highest BCUT2D eigenvalue weighted by Gasteiger charge is 2.08. The molecule has 0 amide bonds. The molecule has 0 aliphatic carbocycles. The summed E-state index contributed by atoms with van der Waals surface area (Å²) in [5, 5.41) is 5.05. The highest BCUT2D eigenvalue weighted by molar-refractivity contribution is 7.37. The zero-order valence-corrected chi connectivity index (χ0v) is 8.83. The SMILES string of the molecule is O=Cc1ccc[s+]1C#Cc1ccccc1. The van der Waals surface area contributed by atoms with Gasteiger partial charge in [0.25, 0.3) is 0 Å². The summed E-state index contributed by atoms with van der Waals surface area (Å²) in [5.74, 6) is 3.06. The third-order valence-electron chi connectivity index (χ3n) is 1.92. The van der Waals surface area contributed by atoms with E-state index in [1.807, 2.05) is 47.8 Å². The third kappa shape index (κ3) is 2.34. The summed E-state index contributed by atoms with van der Waals surface area (Å²) in [6.45, 7) is 0. The summed E-state index contributed by atoms with van der Waals surface area (Å²) in [5.41, 5.74) is 0.982. The number of hydrogen-bond donors (Lipinski definition) is 0. The van der Waals surface area contributed by atoms with E-state index in [0.717, 1.165) is 16.7 Å². The van der Waals surface area contributed by atoms with Gasteiger partial charge in [0.2, 0.25) is 11.2 Å². The van der Waals surface area contributed by atoms with Crippen LogP contribution in [-0.4, -0.2) is 6.29 Å². The molecule has 1 atom stereocenters. The Labute approximate surface area is 91.4 Å². The molecule has 0 N–H and O–H groups in total. The lowest BCUT2D eigenvalue weighted by molar-refractivity contribution is 0.112. The normalized spacial score (nSPS) is 10.3. The summed E-state index contributed by atoms with van der Waals surface area (Å²) in [6, 6.07) is 13.5. The summed E-state index contributed by atoms with van der Waals surface area (Å²) in [6.07, 6.45) is 0.878. The highest BCUT2D eigenvalue weighted by Crippen LogP contribution is 2.20. The molecule has 0 saturated carbocycles. The van der Waals surface area contributed by atoms with Crippen molar-refractivity contribution in [2.75, 3.05) is 0 Å². The minimum atomic E-state index is -0.314. The minimum absolute atomic E-state index is 0.314. The Hall–Kier alpha value is -1.85. The Balaban J connectivity index is 2.30. The number of rotatable bonds is 1. The number of benzene rings is 1. The van der Waals surface area contributed by atoms with Gasteiger partial charge in [0.15, 0.2) is 10.6 Å². The van der Waals surface area contributed by atoms with Crippen LogP contribution in [0.15, 0.2) is 47.8 Å². The van der Waals surface area contributed by atoms with E-state index in [1.165, 1.54) is 0 Å². The average Bonchev–Trinajstić information content (AvgIpc) is 2.75. The van der Waals surface area contributed by atoms with Crippen LogP contribution in [0.4, 0.5) is 0 Å². The monoisotopic (exact) mass is 213 g/mol. The van der Waals surface area contributed by atoms with Gasteiger partial charge in [-0.1, -0.05) is 18.2 Å². The first kappa shape index (κ1) is 9.70. The molecule has 1 nitrogen and oxygen atoms in total. The van der Waals surface area contributed by atoms with E-state index in [2.05, 4.69) is 11.2 Å². The van der Waals surface area contributed by atoms with Gasteiger partial charge in [0, 0.05) is 11.6 Å². The predicted octanol–water partition coefficient (Wildman–Crippen LogP) is 3.11. The Morgan fingerprint density at radius 2 is 1.87 bits per heavy atom. The van der Waals surface area contributed by atoms with Gasteiger partial charge in [-0.15, -0.1) is 0 Å². The Kier molecular flexibility index (Phi) is 2.96. The number of thiophene rings is 1. The number of hydrogen-bond acceptors (Lipinski definition) is 1. The molecule has 0 fully saturated rings. The van der Waals surface area contributed by atoms with Crippen LogP contribution in [-0.2, 0) is 0 Å². The van der Waals surface area contributed by atoms with Gasteiger partial charge in [-0.2, -0.15) is 0 Å². The van der Waals surface area contributed by atoms with Crippen LogP contribution in [0.5, 0.6) is 0 Å². The van der Waals surface area contributed by atoms with Gasteiger partial charge in [-0.25, -0.2) is 0 Å². The Bertz CT molecular complexity index is 514. The molecule has 15 heavy (non-hydrogen) atoms. The molecule has 2 rings (SSSR count). The molecule has 0 radical (unpaired) electrons. The fourth-order valence-corrected chi connectivity index (χ4v) is 2.32. The minimum Gasteiger partial charge on any atom is -0.292 e.